The largest absolute Gasteiger partial charge is 0.335 e. The molecule has 0 atom stereocenters. The maximum Gasteiger partial charge on any atom is 0.105 e. The molecule has 1 aliphatic heterocycles. The second-order valence-electron chi connectivity index (χ2n) is 5.70. The molecule has 1 fully saturated rings. The molecular weight excluding hydrogens is 268 g/mol. The number of aromatic nitrogens is 3. The minimum absolute atomic E-state index is 0.788. The molecule has 0 N–H and O–H groups in total. The van der Waals surface area contributed by atoms with Gasteiger partial charge in [0.1, 0.15) is 5.82 Å². The highest BCUT2D eigenvalue weighted by atomic mass is 32.1. The first-order valence-electron chi connectivity index (χ1n) is 7.32. The summed E-state index contributed by atoms with van der Waals surface area (Å²) >= 11 is 1.75. The zero-order chi connectivity index (χ0) is 13.9. The van der Waals surface area contributed by atoms with Gasteiger partial charge < -0.3 is 4.57 Å². The lowest BCUT2D eigenvalue weighted by Crippen LogP contribution is -2.34. The van der Waals surface area contributed by atoms with E-state index in [-0.39, 0.29) is 0 Å². The van der Waals surface area contributed by atoms with Gasteiger partial charge in [-0.15, -0.1) is 11.3 Å². The van der Waals surface area contributed by atoms with Crippen LogP contribution in [0.2, 0.25) is 0 Å². The Morgan fingerprint density at radius 2 is 2.10 bits per heavy atom. The Morgan fingerprint density at radius 3 is 2.70 bits per heavy atom. The lowest BCUT2D eigenvalue weighted by Gasteiger charge is -2.31. The van der Waals surface area contributed by atoms with E-state index in [0.717, 1.165) is 24.8 Å². The Bertz CT molecular complexity index is 552. The summed E-state index contributed by atoms with van der Waals surface area (Å²) in [5.74, 6) is 1.92. The molecule has 3 heterocycles. The minimum atomic E-state index is 0.788. The van der Waals surface area contributed by atoms with E-state index < -0.39 is 0 Å². The number of thiazole rings is 1. The first-order chi connectivity index (χ1) is 9.70. The van der Waals surface area contributed by atoms with Gasteiger partial charge in [0.15, 0.2) is 0 Å². The standard InChI is InChI=1S/C15H22N4S/c1-12-16-5-8-19(12)9-14-3-6-18(7-4-14)10-15-11-20-13(2)17-15/h5,8,11,14H,3-4,6-7,9-10H2,1-2H3. The van der Waals surface area contributed by atoms with Gasteiger partial charge in [-0.25, -0.2) is 9.97 Å². The summed E-state index contributed by atoms with van der Waals surface area (Å²) in [5.41, 5.74) is 1.23. The molecular formula is C15H22N4S. The van der Waals surface area contributed by atoms with Crippen molar-refractivity contribution in [3.05, 3.63) is 34.3 Å². The average molecular weight is 290 g/mol. The lowest BCUT2D eigenvalue weighted by atomic mass is 9.96. The van der Waals surface area contributed by atoms with E-state index in [0.29, 0.717) is 0 Å². The van der Waals surface area contributed by atoms with Crippen LogP contribution in [0.25, 0.3) is 0 Å². The molecule has 108 valence electrons. The maximum atomic E-state index is 4.56. The van der Waals surface area contributed by atoms with Crippen molar-refractivity contribution in [3.8, 4) is 0 Å². The summed E-state index contributed by atoms with van der Waals surface area (Å²) in [4.78, 5) is 11.4. The number of hydrogen-bond acceptors (Lipinski definition) is 4. The number of hydrogen-bond donors (Lipinski definition) is 0. The lowest BCUT2D eigenvalue weighted by molar-refractivity contribution is 0.165. The zero-order valence-corrected chi connectivity index (χ0v) is 13.1. The molecule has 4 nitrogen and oxygen atoms in total. The summed E-state index contributed by atoms with van der Waals surface area (Å²) < 4.78 is 2.28. The molecule has 2 aromatic rings. The van der Waals surface area contributed by atoms with Gasteiger partial charge in [-0.2, -0.15) is 0 Å². The van der Waals surface area contributed by atoms with Crippen LogP contribution in [0.15, 0.2) is 17.8 Å². The van der Waals surface area contributed by atoms with Crippen LogP contribution in [0.5, 0.6) is 0 Å². The normalized spacial score (nSPS) is 17.7. The van der Waals surface area contributed by atoms with Crippen molar-refractivity contribution in [2.24, 2.45) is 5.92 Å². The summed E-state index contributed by atoms with van der Waals surface area (Å²) in [6.45, 7) is 8.67. The van der Waals surface area contributed by atoms with Crippen molar-refractivity contribution < 1.29 is 0 Å². The van der Waals surface area contributed by atoms with Crippen LogP contribution in [-0.2, 0) is 13.1 Å². The van der Waals surface area contributed by atoms with E-state index in [9.17, 15) is 0 Å². The molecule has 0 bridgehead atoms. The minimum Gasteiger partial charge on any atom is -0.335 e. The fourth-order valence-corrected chi connectivity index (χ4v) is 3.52. The van der Waals surface area contributed by atoms with E-state index in [1.165, 1.54) is 36.6 Å². The molecule has 2 aromatic heterocycles. The molecule has 20 heavy (non-hydrogen) atoms. The van der Waals surface area contributed by atoms with E-state index in [1.54, 1.807) is 11.3 Å². The van der Waals surface area contributed by atoms with Crippen LogP contribution in [0, 0.1) is 19.8 Å². The van der Waals surface area contributed by atoms with Crippen LogP contribution in [0.1, 0.15) is 29.4 Å². The third-order valence-electron chi connectivity index (χ3n) is 4.14. The monoisotopic (exact) mass is 290 g/mol. The predicted molar refractivity (Wildman–Crippen MR) is 81.8 cm³/mol. The third-order valence-corrected chi connectivity index (χ3v) is 4.96. The van der Waals surface area contributed by atoms with Gasteiger partial charge in [0.2, 0.25) is 0 Å². The van der Waals surface area contributed by atoms with Gasteiger partial charge in [-0.1, -0.05) is 0 Å². The van der Waals surface area contributed by atoms with Crippen molar-refractivity contribution in [1.29, 1.82) is 0 Å². The van der Waals surface area contributed by atoms with Crippen LogP contribution >= 0.6 is 11.3 Å². The Kier molecular flexibility index (Phi) is 4.17. The number of piperidine rings is 1. The van der Waals surface area contributed by atoms with E-state index in [1.807, 2.05) is 6.20 Å². The third kappa shape index (κ3) is 3.27. The van der Waals surface area contributed by atoms with Crippen LogP contribution < -0.4 is 0 Å². The maximum absolute atomic E-state index is 4.56. The predicted octanol–water partition coefficient (Wildman–Crippen LogP) is 2.87. The SMILES string of the molecule is Cc1nc(CN2CCC(Cn3ccnc3C)CC2)cs1. The van der Waals surface area contributed by atoms with Gasteiger partial charge in [-0.3, -0.25) is 4.90 Å². The van der Waals surface area contributed by atoms with Crippen molar-refractivity contribution in [1.82, 2.24) is 19.4 Å². The molecule has 1 saturated heterocycles. The van der Waals surface area contributed by atoms with Crippen LogP contribution in [0.3, 0.4) is 0 Å². The summed E-state index contributed by atoms with van der Waals surface area (Å²) in [6.07, 6.45) is 6.55. The smallest absolute Gasteiger partial charge is 0.105 e. The molecule has 0 radical (unpaired) electrons. The Labute approximate surface area is 124 Å². The highest BCUT2D eigenvalue weighted by molar-refractivity contribution is 7.09. The van der Waals surface area contributed by atoms with Crippen molar-refractivity contribution in [3.63, 3.8) is 0 Å². The molecule has 0 amide bonds. The number of imidazole rings is 1. The number of nitrogens with zero attached hydrogens (tertiary/aromatic N) is 4. The zero-order valence-electron chi connectivity index (χ0n) is 12.2. The van der Waals surface area contributed by atoms with Crippen molar-refractivity contribution in [2.75, 3.05) is 13.1 Å². The molecule has 5 heteroatoms. The summed E-state index contributed by atoms with van der Waals surface area (Å²) in [5, 5.41) is 3.36. The fourth-order valence-electron chi connectivity index (χ4n) is 2.91. The first kappa shape index (κ1) is 13.8. The van der Waals surface area contributed by atoms with Crippen molar-refractivity contribution >= 4 is 11.3 Å². The molecule has 0 aliphatic carbocycles. The quantitative estimate of drug-likeness (QED) is 0.868. The number of rotatable bonds is 4. The Balaban J connectivity index is 1.48. The van der Waals surface area contributed by atoms with Gasteiger partial charge in [0, 0.05) is 30.9 Å². The summed E-state index contributed by atoms with van der Waals surface area (Å²) in [7, 11) is 0. The number of likely N-dealkylation sites (tertiary alicyclic amines) is 1. The molecule has 3 rings (SSSR count). The van der Waals surface area contributed by atoms with Crippen molar-refractivity contribution in [2.45, 2.75) is 39.8 Å². The Hall–Kier alpha value is -1.20. The highest BCUT2D eigenvalue weighted by Crippen LogP contribution is 2.21. The van der Waals surface area contributed by atoms with Gasteiger partial charge in [0.25, 0.3) is 0 Å². The van der Waals surface area contributed by atoms with Gasteiger partial charge >= 0.3 is 0 Å². The first-order valence-corrected chi connectivity index (χ1v) is 8.20. The number of aryl methyl sites for hydroxylation is 2. The van der Waals surface area contributed by atoms with Crippen LogP contribution in [-0.4, -0.2) is 32.5 Å². The fraction of sp³-hybridized carbons (Fsp3) is 0.600. The molecule has 0 saturated carbocycles. The van der Waals surface area contributed by atoms with Gasteiger partial charge in [-0.05, 0) is 45.7 Å². The second-order valence-corrected chi connectivity index (χ2v) is 6.77. The van der Waals surface area contributed by atoms with E-state index in [2.05, 4.69) is 44.9 Å². The van der Waals surface area contributed by atoms with Gasteiger partial charge in [0.05, 0.1) is 10.7 Å². The topological polar surface area (TPSA) is 34.0 Å². The average Bonchev–Trinajstić information content (AvgIpc) is 3.02. The Morgan fingerprint density at radius 1 is 1.30 bits per heavy atom. The molecule has 1 aliphatic rings. The molecule has 0 spiro atoms. The second kappa shape index (κ2) is 6.06. The highest BCUT2D eigenvalue weighted by Gasteiger charge is 2.20. The molecule has 0 aromatic carbocycles. The summed E-state index contributed by atoms with van der Waals surface area (Å²) in [6, 6.07) is 0. The van der Waals surface area contributed by atoms with E-state index >= 15 is 0 Å². The molecule has 0 unspecified atom stereocenters. The van der Waals surface area contributed by atoms with E-state index in [4.69, 9.17) is 0 Å². The van der Waals surface area contributed by atoms with Crippen LogP contribution in [0.4, 0.5) is 0 Å².